The van der Waals surface area contributed by atoms with Gasteiger partial charge in [0.15, 0.2) is 0 Å². The lowest BCUT2D eigenvalue weighted by Crippen LogP contribution is -2.65. The predicted octanol–water partition coefficient (Wildman–Crippen LogP) is 0.507. The maximum atomic E-state index is 12.3. The van der Waals surface area contributed by atoms with Crippen LogP contribution < -0.4 is 0 Å². The van der Waals surface area contributed by atoms with E-state index in [0.29, 0.717) is 24.9 Å². The minimum atomic E-state index is -0.561. The number of aromatic nitrogens is 2. The number of nitrogens with zero attached hydrogens (tertiary/aromatic N) is 3. The molecule has 3 fully saturated rings. The molecule has 1 aromatic heterocycles. The fourth-order valence-electron chi connectivity index (χ4n) is 3.35. The van der Waals surface area contributed by atoms with Crippen LogP contribution in [-0.2, 0) is 11.8 Å². The lowest BCUT2D eigenvalue weighted by atomic mass is 9.88. The van der Waals surface area contributed by atoms with Crippen LogP contribution in [0, 0.1) is 11.8 Å². The molecule has 1 N–H and O–H groups in total. The normalized spacial score (nSPS) is 32.0. The maximum Gasteiger partial charge on any atom is 0.226 e. The van der Waals surface area contributed by atoms with E-state index in [4.69, 9.17) is 0 Å². The Hall–Kier alpha value is -1.36. The molecule has 5 heteroatoms. The third-order valence-corrected chi connectivity index (χ3v) is 4.84. The number of likely N-dealkylation sites (tertiary alicyclic amines) is 1. The molecule has 0 aromatic carbocycles. The van der Waals surface area contributed by atoms with E-state index >= 15 is 0 Å². The topological polar surface area (TPSA) is 58.4 Å². The number of aliphatic hydroxyl groups is 1. The number of rotatable bonds is 3. The molecule has 0 unspecified atom stereocenters. The van der Waals surface area contributed by atoms with Gasteiger partial charge in [0.25, 0.3) is 0 Å². The number of hydrogen-bond donors (Lipinski definition) is 1. The molecule has 5 nitrogen and oxygen atoms in total. The summed E-state index contributed by atoms with van der Waals surface area (Å²) in [6.07, 6.45) is 7.03. The fraction of sp³-hybridized carbons (Fsp3) is 0.714. The Balaban J connectivity index is 1.36. The Kier molecular flexibility index (Phi) is 2.17. The van der Waals surface area contributed by atoms with Crippen molar-refractivity contribution in [2.24, 2.45) is 18.9 Å². The first-order chi connectivity index (χ1) is 9.07. The van der Waals surface area contributed by atoms with E-state index in [2.05, 4.69) is 5.10 Å². The number of carbonyl (C=O) groups is 1. The first-order valence-corrected chi connectivity index (χ1v) is 7.06. The van der Waals surface area contributed by atoms with E-state index in [1.54, 1.807) is 4.68 Å². The van der Waals surface area contributed by atoms with Gasteiger partial charge in [0, 0.05) is 19.2 Å². The molecule has 102 valence electrons. The van der Waals surface area contributed by atoms with E-state index in [1.165, 1.54) is 5.56 Å². The Morgan fingerprint density at radius 1 is 1.47 bits per heavy atom. The van der Waals surface area contributed by atoms with Crippen LogP contribution in [0.3, 0.4) is 0 Å². The molecule has 1 aromatic rings. The Labute approximate surface area is 112 Å². The third-order valence-electron chi connectivity index (χ3n) is 4.84. The first-order valence-electron chi connectivity index (χ1n) is 7.06. The molecule has 19 heavy (non-hydrogen) atoms. The van der Waals surface area contributed by atoms with Gasteiger partial charge < -0.3 is 10.0 Å². The predicted molar refractivity (Wildman–Crippen MR) is 68.3 cm³/mol. The monoisotopic (exact) mass is 261 g/mol. The minimum Gasteiger partial charge on any atom is -0.386 e. The van der Waals surface area contributed by atoms with Crippen molar-refractivity contribution in [1.29, 1.82) is 0 Å². The van der Waals surface area contributed by atoms with Gasteiger partial charge in [0.05, 0.1) is 19.3 Å². The van der Waals surface area contributed by atoms with Crippen LogP contribution in [0.4, 0.5) is 0 Å². The molecule has 0 radical (unpaired) electrons. The number of amides is 1. The van der Waals surface area contributed by atoms with Crippen LogP contribution in [-0.4, -0.2) is 44.4 Å². The molecule has 1 amide bonds. The fourth-order valence-corrected chi connectivity index (χ4v) is 3.35. The summed E-state index contributed by atoms with van der Waals surface area (Å²) in [6.45, 7) is 1.10. The van der Waals surface area contributed by atoms with Crippen molar-refractivity contribution in [2.75, 3.05) is 13.1 Å². The van der Waals surface area contributed by atoms with Gasteiger partial charge in [-0.05, 0) is 36.7 Å². The average Bonchev–Trinajstić information content (AvgIpc) is 3.23. The van der Waals surface area contributed by atoms with Crippen molar-refractivity contribution < 1.29 is 9.90 Å². The lowest BCUT2D eigenvalue weighted by Gasteiger charge is -2.47. The minimum absolute atomic E-state index is 0.118. The zero-order valence-electron chi connectivity index (χ0n) is 11.1. The van der Waals surface area contributed by atoms with Gasteiger partial charge in [-0.3, -0.25) is 9.48 Å². The molecule has 1 saturated heterocycles. The SMILES string of the molecule is Cn1cc([C@@H]2C[C@H]2C(=O)N2CC(O)(C3CC3)C2)cn1. The molecule has 2 aliphatic carbocycles. The summed E-state index contributed by atoms with van der Waals surface area (Å²) in [6, 6.07) is 0. The molecular weight excluding hydrogens is 242 g/mol. The first kappa shape index (κ1) is 11.5. The maximum absolute atomic E-state index is 12.3. The van der Waals surface area contributed by atoms with Crippen molar-refractivity contribution in [3.63, 3.8) is 0 Å². The summed E-state index contributed by atoms with van der Waals surface area (Å²) >= 11 is 0. The van der Waals surface area contributed by atoms with Crippen molar-refractivity contribution >= 4 is 5.91 Å². The summed E-state index contributed by atoms with van der Waals surface area (Å²) in [5.74, 6) is 1.13. The van der Waals surface area contributed by atoms with Crippen LogP contribution in [0.25, 0.3) is 0 Å². The van der Waals surface area contributed by atoms with E-state index in [9.17, 15) is 9.90 Å². The number of aryl methyl sites for hydroxylation is 1. The summed E-state index contributed by atoms with van der Waals surface area (Å²) in [5, 5.41) is 14.4. The van der Waals surface area contributed by atoms with Crippen molar-refractivity contribution in [3.05, 3.63) is 18.0 Å². The second kappa shape index (κ2) is 3.60. The molecular formula is C14H19N3O2. The van der Waals surface area contributed by atoms with Crippen LogP contribution in [0.1, 0.15) is 30.7 Å². The smallest absolute Gasteiger partial charge is 0.226 e. The highest BCUT2D eigenvalue weighted by Crippen LogP contribution is 2.51. The largest absolute Gasteiger partial charge is 0.386 e. The van der Waals surface area contributed by atoms with Crippen LogP contribution >= 0.6 is 0 Å². The summed E-state index contributed by atoms with van der Waals surface area (Å²) < 4.78 is 1.78. The van der Waals surface area contributed by atoms with E-state index in [-0.39, 0.29) is 11.8 Å². The van der Waals surface area contributed by atoms with Crippen molar-refractivity contribution in [2.45, 2.75) is 30.8 Å². The highest BCUT2D eigenvalue weighted by atomic mass is 16.3. The summed E-state index contributed by atoms with van der Waals surface area (Å²) in [4.78, 5) is 14.1. The summed E-state index contributed by atoms with van der Waals surface area (Å²) in [7, 11) is 1.90. The van der Waals surface area contributed by atoms with E-state index in [1.807, 2.05) is 24.3 Å². The van der Waals surface area contributed by atoms with Gasteiger partial charge in [-0.25, -0.2) is 0 Å². The standard InChI is InChI=1S/C14H19N3O2/c1-16-6-9(5-15-16)11-4-12(11)13(18)17-7-14(19,8-17)10-2-3-10/h5-6,10-12,19H,2-4,7-8H2,1H3/t11-,12+/m0/s1. The molecule has 3 aliphatic rings. The molecule has 4 rings (SSSR count). The van der Waals surface area contributed by atoms with Crippen molar-refractivity contribution in [1.82, 2.24) is 14.7 Å². The summed E-state index contributed by atoms with van der Waals surface area (Å²) in [5.41, 5.74) is 0.604. The van der Waals surface area contributed by atoms with Crippen molar-refractivity contribution in [3.8, 4) is 0 Å². The number of carbonyl (C=O) groups excluding carboxylic acids is 1. The zero-order valence-corrected chi connectivity index (χ0v) is 11.1. The van der Waals surface area contributed by atoms with Crippen LogP contribution in [0.2, 0.25) is 0 Å². The Morgan fingerprint density at radius 2 is 2.21 bits per heavy atom. The highest BCUT2D eigenvalue weighted by Gasteiger charge is 2.56. The van der Waals surface area contributed by atoms with Gasteiger partial charge in [0.2, 0.25) is 5.91 Å². The highest BCUT2D eigenvalue weighted by molar-refractivity contribution is 5.84. The lowest BCUT2D eigenvalue weighted by molar-refractivity contribution is -0.160. The van der Waals surface area contributed by atoms with Crippen LogP contribution in [0.15, 0.2) is 12.4 Å². The molecule has 2 saturated carbocycles. The number of β-amino-alcohol motifs (C(OH)–C–C–N with tert-alkyl or cyclic N) is 1. The van der Waals surface area contributed by atoms with Gasteiger partial charge in [-0.1, -0.05) is 0 Å². The van der Waals surface area contributed by atoms with E-state index in [0.717, 1.165) is 19.3 Å². The second-order valence-electron chi connectivity index (χ2n) is 6.47. The molecule has 1 aliphatic heterocycles. The van der Waals surface area contributed by atoms with Gasteiger partial charge in [0.1, 0.15) is 5.60 Å². The van der Waals surface area contributed by atoms with Crippen LogP contribution in [0.5, 0.6) is 0 Å². The van der Waals surface area contributed by atoms with Gasteiger partial charge in [-0.2, -0.15) is 5.10 Å². The van der Waals surface area contributed by atoms with E-state index < -0.39 is 5.60 Å². The zero-order chi connectivity index (χ0) is 13.2. The third kappa shape index (κ3) is 1.79. The average molecular weight is 261 g/mol. The van der Waals surface area contributed by atoms with Gasteiger partial charge in [-0.15, -0.1) is 0 Å². The quantitative estimate of drug-likeness (QED) is 0.862. The van der Waals surface area contributed by atoms with Gasteiger partial charge >= 0.3 is 0 Å². The molecule has 2 atom stereocenters. The molecule has 0 spiro atoms. The second-order valence-corrected chi connectivity index (χ2v) is 6.47. The molecule has 2 heterocycles. The Bertz CT molecular complexity index is 529. The number of hydrogen-bond acceptors (Lipinski definition) is 3. The molecule has 0 bridgehead atoms. The Morgan fingerprint density at radius 3 is 2.79 bits per heavy atom.